The summed E-state index contributed by atoms with van der Waals surface area (Å²) in [4.78, 5) is 37.6. The molecule has 0 aromatic rings. The Labute approximate surface area is 576 Å². The predicted molar refractivity (Wildman–Crippen MR) is 398 cm³/mol. The van der Waals surface area contributed by atoms with E-state index in [9.17, 15) is 19.5 Å². The van der Waals surface area contributed by atoms with Crippen LogP contribution in [-0.4, -0.2) is 82.3 Å². The van der Waals surface area contributed by atoms with Gasteiger partial charge in [-0.25, -0.2) is 0 Å². The van der Waals surface area contributed by atoms with Crippen LogP contribution in [0.1, 0.15) is 373 Å². The van der Waals surface area contributed by atoms with Crippen LogP contribution in [0.3, 0.4) is 0 Å². The highest BCUT2D eigenvalue weighted by atomic mass is 16.7. The van der Waals surface area contributed by atoms with Gasteiger partial charge in [-0.2, -0.15) is 0 Å². The first-order valence-electron chi connectivity index (χ1n) is 39.7. The van der Waals surface area contributed by atoms with Crippen molar-refractivity contribution in [2.45, 2.75) is 386 Å². The van der Waals surface area contributed by atoms with Crippen molar-refractivity contribution < 1.29 is 42.9 Å². The van der Waals surface area contributed by atoms with E-state index in [2.05, 4.69) is 98.9 Å². The number of carbonyl (C=O) groups is 3. The Morgan fingerprint density at radius 1 is 0.333 bits per heavy atom. The van der Waals surface area contributed by atoms with E-state index in [1.807, 2.05) is 21.1 Å². The average Bonchev–Trinajstić information content (AvgIpc) is 3.38. The molecule has 9 nitrogen and oxygen atoms in total. The normalized spacial score (nSPS) is 13.1. The molecule has 0 radical (unpaired) electrons. The summed E-state index contributed by atoms with van der Waals surface area (Å²) < 4.78 is 22.9. The summed E-state index contributed by atoms with van der Waals surface area (Å²) in [5.41, 5.74) is 0. The van der Waals surface area contributed by atoms with Crippen molar-refractivity contribution >= 4 is 17.9 Å². The highest BCUT2D eigenvalue weighted by Crippen LogP contribution is 2.19. The number of likely N-dealkylation sites (N-methyl/N-ethyl adjacent to an activating group) is 1. The Kier molecular flexibility index (Phi) is 71.4. The first-order chi connectivity index (χ1) is 45.6. The number of carboxylic acid groups (broad SMARTS) is 1. The fourth-order valence-electron chi connectivity index (χ4n) is 11.6. The summed E-state index contributed by atoms with van der Waals surface area (Å²) in [6, 6.07) is 0. The Balaban J connectivity index is 3.98. The van der Waals surface area contributed by atoms with Crippen molar-refractivity contribution in [3.8, 4) is 0 Å². The van der Waals surface area contributed by atoms with Crippen LogP contribution in [0.25, 0.3) is 0 Å². The minimum absolute atomic E-state index is 0.148. The molecule has 0 heterocycles. The Morgan fingerprint density at radius 2 is 0.613 bits per heavy atom. The molecular formula is C84H151NO8. The molecule has 0 rings (SSSR count). The van der Waals surface area contributed by atoms with Gasteiger partial charge in [-0.15, -0.1) is 0 Å². The van der Waals surface area contributed by atoms with E-state index in [4.69, 9.17) is 18.9 Å². The summed E-state index contributed by atoms with van der Waals surface area (Å²) in [5, 5.41) is 11.9. The fourth-order valence-corrected chi connectivity index (χ4v) is 11.6. The number of hydrogen-bond acceptors (Lipinski definition) is 8. The molecule has 0 aliphatic rings. The summed E-state index contributed by atoms with van der Waals surface area (Å²) >= 11 is 0. The van der Waals surface area contributed by atoms with Crippen LogP contribution in [0.4, 0.5) is 0 Å². The topological polar surface area (TPSA) is 111 Å². The molecule has 93 heavy (non-hydrogen) atoms. The zero-order valence-electron chi connectivity index (χ0n) is 61.9. The standard InChI is InChI=1S/C84H151NO8/c1-6-8-10-12-14-16-18-20-22-24-26-28-30-32-34-36-37-38-39-40-41-42-43-44-45-47-49-51-53-55-57-59-61-63-65-67-69-71-73-75-82(87)93-80(79-92-84(83(88)89)90-77-76-85(3,4)5)78-91-81(86)74-72-70-68-66-64-62-60-58-56-54-52-50-48-46-35-33-31-29-27-25-23-21-19-17-15-13-11-9-7-2/h8,10,14,16,19-22,25-28,31,33,80,84H,6-7,9,11-13,15,17-18,23-24,29-30,32,34-79H2,1-5H3/b10-8-,16-14-,21-19-,22-20-,27-25-,28-26-,33-31-. The first kappa shape index (κ1) is 89.5. The van der Waals surface area contributed by atoms with Crippen LogP contribution in [0, 0.1) is 0 Å². The van der Waals surface area contributed by atoms with Gasteiger partial charge in [0, 0.05) is 12.8 Å². The molecular weight excluding hydrogens is 1150 g/mol. The van der Waals surface area contributed by atoms with Crippen LogP contribution < -0.4 is 5.11 Å². The zero-order chi connectivity index (χ0) is 67.5. The maximum absolute atomic E-state index is 13.0. The number of carboxylic acids is 1. The van der Waals surface area contributed by atoms with Crippen LogP contribution in [0.2, 0.25) is 0 Å². The van der Waals surface area contributed by atoms with Gasteiger partial charge in [-0.05, 0) is 89.9 Å². The van der Waals surface area contributed by atoms with E-state index >= 15 is 0 Å². The number of rotatable bonds is 74. The van der Waals surface area contributed by atoms with Crippen molar-refractivity contribution in [3.63, 3.8) is 0 Å². The van der Waals surface area contributed by atoms with Crippen molar-refractivity contribution in [1.82, 2.24) is 0 Å². The van der Waals surface area contributed by atoms with Gasteiger partial charge in [0.05, 0.1) is 40.3 Å². The van der Waals surface area contributed by atoms with Crippen LogP contribution >= 0.6 is 0 Å². The van der Waals surface area contributed by atoms with Gasteiger partial charge in [0.25, 0.3) is 0 Å². The third-order valence-electron chi connectivity index (χ3n) is 17.6. The Hall–Kier alpha value is -3.53. The molecule has 0 saturated heterocycles. The molecule has 0 amide bonds. The zero-order valence-corrected chi connectivity index (χ0v) is 61.9. The predicted octanol–water partition coefficient (Wildman–Crippen LogP) is 24.0. The van der Waals surface area contributed by atoms with E-state index in [-0.39, 0.29) is 32.2 Å². The van der Waals surface area contributed by atoms with Crippen LogP contribution in [0.15, 0.2) is 85.1 Å². The van der Waals surface area contributed by atoms with E-state index < -0.39 is 24.3 Å². The molecule has 0 N–H and O–H groups in total. The largest absolute Gasteiger partial charge is 0.545 e. The second-order valence-electron chi connectivity index (χ2n) is 28.0. The lowest BCUT2D eigenvalue weighted by Gasteiger charge is -2.26. The summed E-state index contributed by atoms with van der Waals surface area (Å²) in [6.07, 6.45) is 98.5. The van der Waals surface area contributed by atoms with Crippen molar-refractivity contribution in [2.75, 3.05) is 47.5 Å². The number of nitrogens with zero attached hydrogens (tertiary/aromatic N) is 1. The molecule has 0 aromatic heterocycles. The molecule has 0 aromatic carbocycles. The molecule has 0 spiro atoms. The number of esters is 2. The second-order valence-corrected chi connectivity index (χ2v) is 28.0. The Bertz CT molecular complexity index is 1810. The number of unbranched alkanes of at least 4 members (excludes halogenated alkanes) is 45. The third-order valence-corrected chi connectivity index (χ3v) is 17.6. The first-order valence-corrected chi connectivity index (χ1v) is 39.7. The average molecular weight is 1300 g/mol. The van der Waals surface area contributed by atoms with Crippen LogP contribution in [-0.2, 0) is 33.3 Å². The highest BCUT2D eigenvalue weighted by molar-refractivity contribution is 5.70. The van der Waals surface area contributed by atoms with Gasteiger partial charge in [-0.1, -0.05) is 356 Å². The lowest BCUT2D eigenvalue weighted by atomic mass is 10.0. The molecule has 0 aliphatic carbocycles. The lowest BCUT2D eigenvalue weighted by molar-refractivity contribution is -0.870. The van der Waals surface area contributed by atoms with E-state index in [1.54, 1.807) is 0 Å². The van der Waals surface area contributed by atoms with Crippen molar-refractivity contribution in [1.29, 1.82) is 0 Å². The maximum atomic E-state index is 13.0. The number of quaternary nitrogens is 1. The highest BCUT2D eigenvalue weighted by Gasteiger charge is 2.22. The van der Waals surface area contributed by atoms with Gasteiger partial charge in [0.2, 0.25) is 0 Å². The summed E-state index contributed by atoms with van der Waals surface area (Å²) in [6.45, 7) is 4.68. The van der Waals surface area contributed by atoms with Crippen molar-refractivity contribution in [3.05, 3.63) is 85.1 Å². The van der Waals surface area contributed by atoms with E-state index in [1.165, 1.54) is 270 Å². The molecule has 540 valence electrons. The van der Waals surface area contributed by atoms with Gasteiger partial charge < -0.3 is 33.3 Å². The third kappa shape index (κ3) is 75.7. The van der Waals surface area contributed by atoms with Crippen molar-refractivity contribution in [2.24, 2.45) is 0 Å². The molecule has 0 bridgehead atoms. The number of ether oxygens (including phenoxy) is 4. The molecule has 2 atom stereocenters. The molecule has 0 aliphatic heterocycles. The monoisotopic (exact) mass is 1300 g/mol. The molecule has 9 heteroatoms. The van der Waals surface area contributed by atoms with Crippen LogP contribution in [0.5, 0.6) is 0 Å². The smallest absolute Gasteiger partial charge is 0.306 e. The number of hydrogen-bond donors (Lipinski definition) is 0. The number of aliphatic carboxylic acids is 1. The van der Waals surface area contributed by atoms with Gasteiger partial charge in [0.15, 0.2) is 12.4 Å². The molecule has 0 saturated carbocycles. The van der Waals surface area contributed by atoms with Gasteiger partial charge >= 0.3 is 11.9 Å². The summed E-state index contributed by atoms with van der Waals surface area (Å²) in [5.74, 6) is -2.26. The SMILES string of the molecule is CC/C=C\C/C=C\C/C=C\C/C=C\CCCCCCCCCCCCCCCCCCCCCCCCCCCCC(=O)OC(COC(=O)CCCCCCCCCCCCCCCC/C=C\C/C=C\C/C=C\CCCCCCC)COC(OCC[N+](C)(C)C)C(=O)[O-]. The van der Waals surface area contributed by atoms with Gasteiger partial charge in [0.1, 0.15) is 13.2 Å². The lowest BCUT2D eigenvalue weighted by Crippen LogP contribution is -2.44. The number of carbonyl (C=O) groups excluding carboxylic acids is 3. The maximum Gasteiger partial charge on any atom is 0.306 e. The molecule has 0 fully saturated rings. The fraction of sp³-hybridized carbons (Fsp3) is 0.798. The minimum Gasteiger partial charge on any atom is -0.545 e. The second kappa shape index (κ2) is 74.3. The quantitative estimate of drug-likeness (QED) is 0.0195. The number of allylic oxidation sites excluding steroid dienone is 14. The minimum atomic E-state index is -1.62. The van der Waals surface area contributed by atoms with E-state index in [0.717, 1.165) is 70.6 Å². The van der Waals surface area contributed by atoms with Gasteiger partial charge in [-0.3, -0.25) is 9.59 Å². The van der Waals surface area contributed by atoms with E-state index in [0.29, 0.717) is 23.9 Å². The summed E-state index contributed by atoms with van der Waals surface area (Å²) in [7, 11) is 5.95. The Morgan fingerprint density at radius 3 is 0.914 bits per heavy atom. The molecule has 2 unspecified atom stereocenters.